The number of carbonyl (C=O) groups excluding carboxylic acids is 1. The van der Waals surface area contributed by atoms with E-state index in [0.717, 1.165) is 5.56 Å². The summed E-state index contributed by atoms with van der Waals surface area (Å²) in [6.07, 6.45) is 6.27. The van der Waals surface area contributed by atoms with E-state index >= 15 is 0 Å². The highest BCUT2D eigenvalue weighted by atomic mass is 79.9. The number of hydrogen-bond donors (Lipinski definition) is 1. The van der Waals surface area contributed by atoms with Crippen LogP contribution in [-0.4, -0.2) is 20.9 Å². The molecule has 0 aliphatic heterocycles. The van der Waals surface area contributed by atoms with Gasteiger partial charge in [0.1, 0.15) is 10.3 Å². The number of pyridine rings is 1. The Bertz CT molecular complexity index is 501. The minimum absolute atomic E-state index is 0.248. The Morgan fingerprint density at radius 2 is 2.00 bits per heavy atom. The molecular formula is C11H9BrN4O. The Labute approximate surface area is 106 Å². The van der Waals surface area contributed by atoms with Crippen LogP contribution in [-0.2, 0) is 6.54 Å². The van der Waals surface area contributed by atoms with Crippen LogP contribution in [0.4, 0.5) is 0 Å². The van der Waals surface area contributed by atoms with Crippen molar-refractivity contribution in [2.75, 3.05) is 0 Å². The van der Waals surface area contributed by atoms with E-state index in [4.69, 9.17) is 0 Å². The van der Waals surface area contributed by atoms with E-state index in [9.17, 15) is 4.79 Å². The fourth-order valence-electron chi connectivity index (χ4n) is 1.20. The maximum Gasteiger partial charge on any atom is 0.271 e. The van der Waals surface area contributed by atoms with Crippen molar-refractivity contribution in [3.63, 3.8) is 0 Å². The second-order valence-electron chi connectivity index (χ2n) is 3.26. The molecule has 1 amide bonds. The molecule has 1 N–H and O–H groups in total. The molecule has 2 aromatic heterocycles. The molecule has 0 aliphatic rings. The molecule has 0 saturated carbocycles. The quantitative estimate of drug-likeness (QED) is 0.932. The summed E-state index contributed by atoms with van der Waals surface area (Å²) >= 11 is 3.16. The normalized spacial score (nSPS) is 9.94. The second-order valence-corrected chi connectivity index (χ2v) is 4.07. The highest BCUT2D eigenvalue weighted by Gasteiger charge is 2.06. The number of nitrogens with zero attached hydrogens (tertiary/aromatic N) is 3. The van der Waals surface area contributed by atoms with Gasteiger partial charge in [0.05, 0.1) is 12.4 Å². The zero-order chi connectivity index (χ0) is 12.1. The lowest BCUT2D eigenvalue weighted by Gasteiger charge is -2.03. The van der Waals surface area contributed by atoms with Crippen molar-refractivity contribution in [3.05, 3.63) is 52.8 Å². The van der Waals surface area contributed by atoms with E-state index in [2.05, 4.69) is 36.2 Å². The van der Waals surface area contributed by atoms with Gasteiger partial charge in [0.15, 0.2) is 0 Å². The summed E-state index contributed by atoms with van der Waals surface area (Å²) in [7, 11) is 0. The SMILES string of the molecule is O=C(NCc1ccncc1)c1cnc(Br)cn1. The summed E-state index contributed by atoms with van der Waals surface area (Å²) in [5, 5.41) is 2.75. The second kappa shape index (κ2) is 5.49. The average Bonchev–Trinajstić information content (AvgIpc) is 2.38. The molecule has 0 spiro atoms. The molecule has 6 heteroatoms. The smallest absolute Gasteiger partial charge is 0.271 e. The van der Waals surface area contributed by atoms with Gasteiger partial charge in [0.2, 0.25) is 0 Å². The van der Waals surface area contributed by atoms with E-state index in [1.54, 1.807) is 12.4 Å². The van der Waals surface area contributed by atoms with Crippen LogP contribution in [0.2, 0.25) is 0 Å². The van der Waals surface area contributed by atoms with Gasteiger partial charge in [-0.05, 0) is 33.6 Å². The Hall–Kier alpha value is -1.82. The summed E-state index contributed by atoms with van der Waals surface area (Å²) in [6, 6.07) is 3.68. The average molecular weight is 293 g/mol. The van der Waals surface area contributed by atoms with E-state index < -0.39 is 0 Å². The first kappa shape index (κ1) is 11.7. The maximum absolute atomic E-state index is 11.7. The Balaban J connectivity index is 1.96. The van der Waals surface area contributed by atoms with Crippen LogP contribution in [0.3, 0.4) is 0 Å². The number of halogens is 1. The van der Waals surface area contributed by atoms with Crippen LogP contribution in [0.15, 0.2) is 41.5 Å². The first-order chi connectivity index (χ1) is 8.25. The zero-order valence-electron chi connectivity index (χ0n) is 8.80. The maximum atomic E-state index is 11.7. The molecule has 2 heterocycles. The van der Waals surface area contributed by atoms with Gasteiger partial charge < -0.3 is 5.32 Å². The van der Waals surface area contributed by atoms with Crippen LogP contribution in [0.1, 0.15) is 16.1 Å². The molecule has 0 aromatic carbocycles. The van der Waals surface area contributed by atoms with Gasteiger partial charge in [0, 0.05) is 18.9 Å². The molecule has 5 nitrogen and oxygen atoms in total. The molecule has 2 aromatic rings. The van der Waals surface area contributed by atoms with Crippen molar-refractivity contribution in [1.82, 2.24) is 20.3 Å². The van der Waals surface area contributed by atoms with Crippen molar-refractivity contribution >= 4 is 21.8 Å². The van der Waals surface area contributed by atoms with Crippen molar-refractivity contribution < 1.29 is 4.79 Å². The molecule has 0 atom stereocenters. The van der Waals surface area contributed by atoms with E-state index in [0.29, 0.717) is 16.8 Å². The van der Waals surface area contributed by atoms with Gasteiger partial charge in [-0.3, -0.25) is 9.78 Å². The first-order valence-electron chi connectivity index (χ1n) is 4.90. The lowest BCUT2D eigenvalue weighted by atomic mass is 10.2. The highest BCUT2D eigenvalue weighted by molar-refractivity contribution is 9.10. The molecule has 0 radical (unpaired) electrons. The summed E-state index contributed by atoms with van der Waals surface area (Å²) in [5.74, 6) is -0.248. The summed E-state index contributed by atoms with van der Waals surface area (Å²) < 4.78 is 0.600. The highest BCUT2D eigenvalue weighted by Crippen LogP contribution is 2.03. The number of rotatable bonds is 3. The molecular weight excluding hydrogens is 284 g/mol. The van der Waals surface area contributed by atoms with Crippen LogP contribution < -0.4 is 5.32 Å². The van der Waals surface area contributed by atoms with Crippen LogP contribution in [0.5, 0.6) is 0 Å². The number of amides is 1. The topological polar surface area (TPSA) is 67.8 Å². The van der Waals surface area contributed by atoms with Gasteiger partial charge in [-0.15, -0.1) is 0 Å². The lowest BCUT2D eigenvalue weighted by molar-refractivity contribution is 0.0945. The molecule has 0 saturated heterocycles. The van der Waals surface area contributed by atoms with E-state index in [1.807, 2.05) is 12.1 Å². The van der Waals surface area contributed by atoms with Gasteiger partial charge in [-0.2, -0.15) is 0 Å². The standard InChI is InChI=1S/C11H9BrN4O/c12-10-7-14-9(6-15-10)11(17)16-5-8-1-3-13-4-2-8/h1-4,6-7H,5H2,(H,16,17). The predicted molar refractivity (Wildman–Crippen MR) is 65.1 cm³/mol. The zero-order valence-corrected chi connectivity index (χ0v) is 10.4. The first-order valence-corrected chi connectivity index (χ1v) is 5.69. The Morgan fingerprint density at radius 3 is 2.65 bits per heavy atom. The summed E-state index contributed by atoms with van der Waals surface area (Å²) in [4.78, 5) is 23.5. The van der Waals surface area contributed by atoms with Gasteiger partial charge in [0.25, 0.3) is 5.91 Å². The third-order valence-electron chi connectivity index (χ3n) is 2.06. The van der Waals surface area contributed by atoms with E-state index in [-0.39, 0.29) is 5.91 Å². The monoisotopic (exact) mass is 292 g/mol. The minimum atomic E-state index is -0.248. The number of nitrogens with one attached hydrogen (secondary N) is 1. The molecule has 17 heavy (non-hydrogen) atoms. The Morgan fingerprint density at radius 1 is 1.24 bits per heavy atom. The fourth-order valence-corrected chi connectivity index (χ4v) is 1.41. The molecule has 86 valence electrons. The summed E-state index contributed by atoms with van der Waals surface area (Å²) in [5.41, 5.74) is 1.28. The van der Waals surface area contributed by atoms with E-state index in [1.165, 1.54) is 12.4 Å². The molecule has 0 unspecified atom stereocenters. The van der Waals surface area contributed by atoms with Crippen molar-refractivity contribution in [2.24, 2.45) is 0 Å². The summed E-state index contributed by atoms with van der Waals surface area (Å²) in [6.45, 7) is 0.444. The number of aromatic nitrogens is 3. The fraction of sp³-hybridized carbons (Fsp3) is 0.0909. The third kappa shape index (κ3) is 3.32. The van der Waals surface area contributed by atoms with Gasteiger partial charge in [-0.25, -0.2) is 9.97 Å². The number of carbonyl (C=O) groups is 1. The van der Waals surface area contributed by atoms with Crippen molar-refractivity contribution in [3.8, 4) is 0 Å². The van der Waals surface area contributed by atoms with Crippen LogP contribution >= 0.6 is 15.9 Å². The molecule has 0 aliphatic carbocycles. The van der Waals surface area contributed by atoms with Crippen LogP contribution in [0.25, 0.3) is 0 Å². The van der Waals surface area contributed by atoms with Crippen LogP contribution in [0, 0.1) is 0 Å². The number of hydrogen-bond acceptors (Lipinski definition) is 4. The molecule has 0 bridgehead atoms. The largest absolute Gasteiger partial charge is 0.347 e. The van der Waals surface area contributed by atoms with Crippen molar-refractivity contribution in [1.29, 1.82) is 0 Å². The van der Waals surface area contributed by atoms with Gasteiger partial charge in [-0.1, -0.05) is 0 Å². The minimum Gasteiger partial charge on any atom is -0.347 e. The molecule has 0 fully saturated rings. The third-order valence-corrected chi connectivity index (χ3v) is 2.46. The van der Waals surface area contributed by atoms with Gasteiger partial charge >= 0.3 is 0 Å². The van der Waals surface area contributed by atoms with Crippen molar-refractivity contribution in [2.45, 2.75) is 6.54 Å². The molecule has 2 rings (SSSR count). The Kier molecular flexibility index (Phi) is 3.77. The lowest BCUT2D eigenvalue weighted by Crippen LogP contribution is -2.23. The predicted octanol–water partition coefficient (Wildman–Crippen LogP) is 1.56.